The molecule has 2 aromatic rings. The molecule has 1 N–H and O–H groups in total. The van der Waals surface area contributed by atoms with Crippen LogP contribution in [0.1, 0.15) is 31.0 Å². The average molecular weight is 255 g/mol. The van der Waals surface area contributed by atoms with Crippen LogP contribution in [0.5, 0.6) is 11.5 Å². The van der Waals surface area contributed by atoms with Crippen molar-refractivity contribution in [3.63, 3.8) is 0 Å². The van der Waals surface area contributed by atoms with E-state index in [0.29, 0.717) is 0 Å². The van der Waals surface area contributed by atoms with Crippen molar-refractivity contribution < 1.29 is 4.74 Å². The molecule has 0 saturated heterocycles. The highest BCUT2D eigenvalue weighted by atomic mass is 16.5. The van der Waals surface area contributed by atoms with Gasteiger partial charge in [0.1, 0.15) is 11.5 Å². The fourth-order valence-corrected chi connectivity index (χ4v) is 2.08. The molecule has 0 aromatic heterocycles. The SMILES string of the molecule is CCNC(C)c1ccccc1Oc1ccc(C)cc1. The van der Waals surface area contributed by atoms with Gasteiger partial charge in [0.25, 0.3) is 0 Å². The minimum atomic E-state index is 0.284. The normalized spacial score (nSPS) is 12.2. The van der Waals surface area contributed by atoms with Crippen LogP contribution < -0.4 is 10.1 Å². The Labute approximate surface area is 115 Å². The lowest BCUT2D eigenvalue weighted by molar-refractivity contribution is 0.463. The Morgan fingerprint density at radius 3 is 2.42 bits per heavy atom. The number of ether oxygens (including phenoxy) is 1. The molecule has 2 rings (SSSR count). The molecule has 1 unspecified atom stereocenters. The Morgan fingerprint density at radius 1 is 1.05 bits per heavy atom. The van der Waals surface area contributed by atoms with Gasteiger partial charge in [-0.3, -0.25) is 0 Å². The van der Waals surface area contributed by atoms with Gasteiger partial charge in [0.05, 0.1) is 0 Å². The van der Waals surface area contributed by atoms with Gasteiger partial charge in [0, 0.05) is 11.6 Å². The molecule has 2 nitrogen and oxygen atoms in total. The summed E-state index contributed by atoms with van der Waals surface area (Å²) in [6.45, 7) is 7.28. The van der Waals surface area contributed by atoms with Gasteiger partial charge in [-0.1, -0.05) is 42.8 Å². The fraction of sp³-hybridized carbons (Fsp3) is 0.294. The van der Waals surface area contributed by atoms with E-state index in [1.807, 2.05) is 30.3 Å². The maximum atomic E-state index is 5.99. The molecule has 2 heteroatoms. The average Bonchev–Trinajstić information content (AvgIpc) is 2.42. The van der Waals surface area contributed by atoms with E-state index in [0.717, 1.165) is 18.0 Å². The summed E-state index contributed by atoms with van der Waals surface area (Å²) < 4.78 is 5.99. The fourth-order valence-electron chi connectivity index (χ4n) is 2.08. The second-order valence-corrected chi connectivity index (χ2v) is 4.73. The summed E-state index contributed by atoms with van der Waals surface area (Å²) in [5, 5.41) is 3.42. The molecular weight excluding hydrogens is 234 g/mol. The number of nitrogens with one attached hydrogen (secondary N) is 1. The Kier molecular flexibility index (Phi) is 4.58. The van der Waals surface area contributed by atoms with Gasteiger partial charge in [-0.25, -0.2) is 0 Å². The number of hydrogen-bond donors (Lipinski definition) is 1. The van der Waals surface area contributed by atoms with Crippen molar-refractivity contribution in [2.75, 3.05) is 6.54 Å². The van der Waals surface area contributed by atoms with Gasteiger partial charge < -0.3 is 10.1 Å². The third-order valence-corrected chi connectivity index (χ3v) is 3.14. The van der Waals surface area contributed by atoms with E-state index in [1.165, 1.54) is 11.1 Å². The molecule has 1 atom stereocenters. The van der Waals surface area contributed by atoms with Crippen molar-refractivity contribution in [3.8, 4) is 11.5 Å². The molecule has 0 aliphatic heterocycles. The Hall–Kier alpha value is -1.80. The van der Waals surface area contributed by atoms with Crippen molar-refractivity contribution in [2.45, 2.75) is 26.8 Å². The summed E-state index contributed by atoms with van der Waals surface area (Å²) in [4.78, 5) is 0. The monoisotopic (exact) mass is 255 g/mol. The van der Waals surface area contributed by atoms with Gasteiger partial charge in [0.2, 0.25) is 0 Å². The molecule has 0 radical (unpaired) electrons. The van der Waals surface area contributed by atoms with E-state index in [2.05, 4.69) is 44.3 Å². The zero-order valence-corrected chi connectivity index (χ0v) is 11.8. The van der Waals surface area contributed by atoms with Gasteiger partial charge in [-0.2, -0.15) is 0 Å². The van der Waals surface area contributed by atoms with Crippen LogP contribution >= 0.6 is 0 Å². The van der Waals surface area contributed by atoms with Crippen LogP contribution in [0.3, 0.4) is 0 Å². The summed E-state index contributed by atoms with van der Waals surface area (Å²) >= 11 is 0. The first-order valence-corrected chi connectivity index (χ1v) is 6.77. The summed E-state index contributed by atoms with van der Waals surface area (Å²) in [6.07, 6.45) is 0. The second kappa shape index (κ2) is 6.39. The van der Waals surface area contributed by atoms with E-state index in [-0.39, 0.29) is 6.04 Å². The van der Waals surface area contributed by atoms with Crippen molar-refractivity contribution in [2.24, 2.45) is 0 Å². The lowest BCUT2D eigenvalue weighted by Crippen LogP contribution is -2.18. The smallest absolute Gasteiger partial charge is 0.132 e. The van der Waals surface area contributed by atoms with E-state index in [4.69, 9.17) is 4.74 Å². The van der Waals surface area contributed by atoms with Gasteiger partial charge >= 0.3 is 0 Å². The Bertz CT molecular complexity index is 519. The first-order valence-electron chi connectivity index (χ1n) is 6.77. The molecular formula is C17H21NO. The van der Waals surface area contributed by atoms with E-state index in [1.54, 1.807) is 0 Å². The van der Waals surface area contributed by atoms with E-state index in [9.17, 15) is 0 Å². The number of hydrogen-bond acceptors (Lipinski definition) is 2. The number of benzene rings is 2. The number of rotatable bonds is 5. The summed E-state index contributed by atoms with van der Waals surface area (Å²) in [5.74, 6) is 1.79. The number of para-hydroxylation sites is 1. The molecule has 0 saturated carbocycles. The van der Waals surface area contributed by atoms with Gasteiger partial charge in [0.15, 0.2) is 0 Å². The van der Waals surface area contributed by atoms with Crippen LogP contribution in [0.2, 0.25) is 0 Å². The second-order valence-electron chi connectivity index (χ2n) is 4.73. The van der Waals surface area contributed by atoms with Crippen molar-refractivity contribution in [1.82, 2.24) is 5.32 Å². The van der Waals surface area contributed by atoms with Crippen LogP contribution in [-0.2, 0) is 0 Å². The lowest BCUT2D eigenvalue weighted by atomic mass is 10.1. The molecule has 0 aliphatic rings. The summed E-state index contributed by atoms with van der Waals surface area (Å²) in [5.41, 5.74) is 2.42. The van der Waals surface area contributed by atoms with Crippen molar-refractivity contribution in [3.05, 3.63) is 59.7 Å². The molecule has 0 fully saturated rings. The highest BCUT2D eigenvalue weighted by Gasteiger charge is 2.10. The molecule has 0 bridgehead atoms. The minimum Gasteiger partial charge on any atom is -0.457 e. The van der Waals surface area contributed by atoms with Crippen molar-refractivity contribution in [1.29, 1.82) is 0 Å². The van der Waals surface area contributed by atoms with Crippen LogP contribution in [0.4, 0.5) is 0 Å². The maximum Gasteiger partial charge on any atom is 0.132 e. The third kappa shape index (κ3) is 3.58. The summed E-state index contributed by atoms with van der Waals surface area (Å²) in [7, 11) is 0. The topological polar surface area (TPSA) is 21.3 Å². The van der Waals surface area contributed by atoms with Gasteiger partial charge in [-0.05, 0) is 38.6 Å². The molecule has 2 aromatic carbocycles. The van der Waals surface area contributed by atoms with Crippen LogP contribution in [0.15, 0.2) is 48.5 Å². The van der Waals surface area contributed by atoms with E-state index >= 15 is 0 Å². The highest BCUT2D eigenvalue weighted by molar-refractivity contribution is 5.40. The maximum absolute atomic E-state index is 5.99. The molecule has 19 heavy (non-hydrogen) atoms. The third-order valence-electron chi connectivity index (χ3n) is 3.14. The van der Waals surface area contributed by atoms with Crippen LogP contribution in [-0.4, -0.2) is 6.54 Å². The van der Waals surface area contributed by atoms with Crippen LogP contribution in [0.25, 0.3) is 0 Å². The zero-order valence-electron chi connectivity index (χ0n) is 11.8. The van der Waals surface area contributed by atoms with Crippen LogP contribution in [0, 0.1) is 6.92 Å². The largest absolute Gasteiger partial charge is 0.457 e. The highest BCUT2D eigenvalue weighted by Crippen LogP contribution is 2.29. The predicted octanol–water partition coefficient (Wildman–Crippen LogP) is 4.46. The molecule has 0 heterocycles. The molecule has 0 aliphatic carbocycles. The Morgan fingerprint density at radius 2 is 1.74 bits per heavy atom. The standard InChI is InChI=1S/C17H21NO/c1-4-18-14(3)16-7-5-6-8-17(16)19-15-11-9-13(2)10-12-15/h5-12,14,18H,4H2,1-3H3. The molecule has 100 valence electrons. The van der Waals surface area contributed by atoms with Crippen molar-refractivity contribution >= 4 is 0 Å². The predicted molar refractivity (Wildman–Crippen MR) is 79.8 cm³/mol. The molecule has 0 spiro atoms. The first-order chi connectivity index (χ1) is 9.20. The zero-order chi connectivity index (χ0) is 13.7. The first kappa shape index (κ1) is 13.6. The Balaban J connectivity index is 2.22. The molecule has 0 amide bonds. The lowest BCUT2D eigenvalue weighted by Gasteiger charge is -2.17. The summed E-state index contributed by atoms with van der Waals surface area (Å²) in [6, 6.07) is 16.6. The minimum absolute atomic E-state index is 0.284. The van der Waals surface area contributed by atoms with Gasteiger partial charge in [-0.15, -0.1) is 0 Å². The number of aryl methyl sites for hydroxylation is 1. The van der Waals surface area contributed by atoms with E-state index < -0.39 is 0 Å². The quantitative estimate of drug-likeness (QED) is 0.851.